The Balaban J connectivity index is 1.83. The minimum absolute atomic E-state index is 0.210. The van der Waals surface area contributed by atoms with Crippen LogP contribution in [0.5, 0.6) is 0 Å². The molecular weight excluding hydrogens is 216 g/mol. The van der Waals surface area contributed by atoms with Crippen molar-refractivity contribution in [1.29, 1.82) is 0 Å². The second kappa shape index (κ2) is 4.63. The minimum atomic E-state index is 0.210. The summed E-state index contributed by atoms with van der Waals surface area (Å²) in [7, 11) is 0. The molecule has 17 heavy (non-hydrogen) atoms. The monoisotopic (exact) mass is 230 g/mol. The fourth-order valence-electron chi connectivity index (χ4n) is 2.05. The first kappa shape index (κ1) is 10.4. The third kappa shape index (κ3) is 2.19. The van der Waals surface area contributed by atoms with E-state index in [1.54, 1.807) is 12.4 Å². The molecule has 0 spiro atoms. The van der Waals surface area contributed by atoms with Crippen LogP contribution in [0.3, 0.4) is 0 Å². The topological polar surface area (TPSA) is 63.8 Å². The van der Waals surface area contributed by atoms with Gasteiger partial charge in [0.1, 0.15) is 0 Å². The van der Waals surface area contributed by atoms with Gasteiger partial charge in [-0.25, -0.2) is 0 Å². The minimum Gasteiger partial charge on any atom is -0.337 e. The van der Waals surface area contributed by atoms with Crippen LogP contribution in [-0.2, 0) is 0 Å². The normalized spacial score (nSPS) is 20.4. The molecule has 0 amide bonds. The third-order valence-electron chi connectivity index (χ3n) is 2.97. The van der Waals surface area contributed by atoms with Crippen molar-refractivity contribution in [3.63, 3.8) is 0 Å². The Morgan fingerprint density at radius 3 is 3.12 bits per heavy atom. The summed E-state index contributed by atoms with van der Waals surface area (Å²) in [6.45, 7) is 1.02. The number of hydrogen-bond acceptors (Lipinski definition) is 5. The van der Waals surface area contributed by atoms with Crippen LogP contribution in [0.4, 0.5) is 0 Å². The molecule has 0 unspecified atom stereocenters. The van der Waals surface area contributed by atoms with E-state index in [1.807, 2.05) is 12.1 Å². The van der Waals surface area contributed by atoms with Crippen molar-refractivity contribution in [2.75, 3.05) is 6.54 Å². The van der Waals surface area contributed by atoms with E-state index in [-0.39, 0.29) is 6.04 Å². The Kier molecular flexibility index (Phi) is 2.83. The van der Waals surface area contributed by atoms with Crippen molar-refractivity contribution in [2.24, 2.45) is 0 Å². The molecule has 0 bridgehead atoms. The highest BCUT2D eigenvalue weighted by Crippen LogP contribution is 2.23. The Labute approximate surface area is 99.3 Å². The molecule has 1 aliphatic rings. The number of nitrogens with one attached hydrogen (secondary N) is 1. The summed E-state index contributed by atoms with van der Waals surface area (Å²) in [5, 5.41) is 7.38. The maximum absolute atomic E-state index is 5.31. The van der Waals surface area contributed by atoms with Gasteiger partial charge >= 0.3 is 0 Å². The Hall–Kier alpha value is -1.75. The van der Waals surface area contributed by atoms with Crippen LogP contribution >= 0.6 is 0 Å². The van der Waals surface area contributed by atoms with Gasteiger partial charge in [-0.1, -0.05) is 11.6 Å². The van der Waals surface area contributed by atoms with E-state index < -0.39 is 0 Å². The van der Waals surface area contributed by atoms with Crippen LogP contribution in [-0.4, -0.2) is 21.7 Å². The lowest BCUT2D eigenvalue weighted by molar-refractivity contribution is 0.297. The molecule has 2 aromatic heterocycles. The number of nitrogens with zero attached hydrogens (tertiary/aromatic N) is 3. The number of rotatable bonds is 2. The van der Waals surface area contributed by atoms with Crippen molar-refractivity contribution in [2.45, 2.75) is 25.3 Å². The van der Waals surface area contributed by atoms with Crippen molar-refractivity contribution >= 4 is 0 Å². The van der Waals surface area contributed by atoms with Crippen LogP contribution in [0.1, 0.15) is 31.2 Å². The van der Waals surface area contributed by atoms with E-state index >= 15 is 0 Å². The molecule has 88 valence electrons. The molecule has 1 atom stereocenters. The number of aromatic nitrogens is 3. The molecule has 3 heterocycles. The molecule has 2 aromatic rings. The SMILES string of the molecule is c1cncc(-c2noc([C@@H]3CCCCN3)n2)c1. The lowest BCUT2D eigenvalue weighted by Crippen LogP contribution is -2.26. The summed E-state index contributed by atoms with van der Waals surface area (Å²) in [6.07, 6.45) is 6.97. The van der Waals surface area contributed by atoms with Gasteiger partial charge in [0.15, 0.2) is 0 Å². The molecule has 0 aliphatic carbocycles. The molecular formula is C12H14N4O. The largest absolute Gasteiger partial charge is 0.337 e. The molecule has 5 heteroatoms. The van der Waals surface area contributed by atoms with Gasteiger partial charge in [-0.05, 0) is 31.5 Å². The van der Waals surface area contributed by atoms with Crippen molar-refractivity contribution in [3.8, 4) is 11.4 Å². The second-order valence-electron chi connectivity index (χ2n) is 4.20. The van der Waals surface area contributed by atoms with E-state index in [0.29, 0.717) is 11.7 Å². The molecule has 1 N–H and O–H groups in total. The van der Waals surface area contributed by atoms with Gasteiger partial charge in [0.05, 0.1) is 6.04 Å². The van der Waals surface area contributed by atoms with Crippen molar-refractivity contribution in [3.05, 3.63) is 30.4 Å². The first-order valence-electron chi connectivity index (χ1n) is 5.91. The average Bonchev–Trinajstić information content (AvgIpc) is 2.90. The van der Waals surface area contributed by atoms with Gasteiger partial charge in [0.2, 0.25) is 11.7 Å². The van der Waals surface area contributed by atoms with Crippen LogP contribution < -0.4 is 5.32 Å². The zero-order chi connectivity index (χ0) is 11.5. The van der Waals surface area contributed by atoms with E-state index in [1.165, 1.54) is 12.8 Å². The van der Waals surface area contributed by atoms with Crippen molar-refractivity contribution < 1.29 is 4.52 Å². The standard InChI is InChI=1S/C12H14N4O/c1-2-7-14-10(5-1)12-15-11(16-17-12)9-4-3-6-13-8-9/h3-4,6,8,10,14H,1-2,5,7H2/t10-/m0/s1. The number of piperidine rings is 1. The average molecular weight is 230 g/mol. The lowest BCUT2D eigenvalue weighted by Gasteiger charge is -2.19. The molecule has 0 saturated carbocycles. The number of pyridine rings is 1. The van der Waals surface area contributed by atoms with E-state index in [0.717, 1.165) is 18.5 Å². The van der Waals surface area contributed by atoms with Gasteiger partial charge in [-0.3, -0.25) is 4.98 Å². The van der Waals surface area contributed by atoms with Crippen LogP contribution in [0.2, 0.25) is 0 Å². The third-order valence-corrected chi connectivity index (χ3v) is 2.97. The molecule has 0 radical (unpaired) electrons. The highest BCUT2D eigenvalue weighted by Gasteiger charge is 2.21. The summed E-state index contributed by atoms with van der Waals surface area (Å²) >= 11 is 0. The predicted octanol–water partition coefficient (Wildman–Crippen LogP) is 1.95. The van der Waals surface area contributed by atoms with E-state index in [9.17, 15) is 0 Å². The van der Waals surface area contributed by atoms with Crippen LogP contribution in [0, 0.1) is 0 Å². The summed E-state index contributed by atoms with van der Waals surface area (Å²) in [5.74, 6) is 1.30. The van der Waals surface area contributed by atoms with E-state index in [2.05, 4.69) is 20.4 Å². The van der Waals surface area contributed by atoms with Gasteiger partial charge in [0.25, 0.3) is 0 Å². The maximum Gasteiger partial charge on any atom is 0.244 e. The maximum atomic E-state index is 5.31. The van der Waals surface area contributed by atoms with Crippen LogP contribution in [0.25, 0.3) is 11.4 Å². The summed E-state index contributed by atoms with van der Waals surface area (Å²) in [4.78, 5) is 8.47. The Morgan fingerprint density at radius 2 is 2.35 bits per heavy atom. The molecule has 1 fully saturated rings. The van der Waals surface area contributed by atoms with Crippen LogP contribution in [0.15, 0.2) is 29.0 Å². The van der Waals surface area contributed by atoms with Crippen molar-refractivity contribution in [1.82, 2.24) is 20.4 Å². The van der Waals surface area contributed by atoms with E-state index in [4.69, 9.17) is 4.52 Å². The van der Waals surface area contributed by atoms with Gasteiger partial charge in [-0.15, -0.1) is 0 Å². The Bertz CT molecular complexity index is 476. The first-order chi connectivity index (χ1) is 8.43. The summed E-state index contributed by atoms with van der Waals surface area (Å²) in [6, 6.07) is 4.00. The highest BCUT2D eigenvalue weighted by atomic mass is 16.5. The highest BCUT2D eigenvalue weighted by molar-refractivity contribution is 5.51. The lowest BCUT2D eigenvalue weighted by atomic mass is 10.1. The Morgan fingerprint density at radius 1 is 1.35 bits per heavy atom. The summed E-state index contributed by atoms with van der Waals surface area (Å²) < 4.78 is 5.31. The fourth-order valence-corrected chi connectivity index (χ4v) is 2.05. The predicted molar refractivity (Wildman–Crippen MR) is 62.1 cm³/mol. The number of hydrogen-bond donors (Lipinski definition) is 1. The molecule has 3 rings (SSSR count). The quantitative estimate of drug-likeness (QED) is 0.854. The first-order valence-corrected chi connectivity index (χ1v) is 5.91. The molecule has 1 saturated heterocycles. The molecule has 1 aliphatic heterocycles. The summed E-state index contributed by atoms with van der Waals surface area (Å²) in [5.41, 5.74) is 0.887. The van der Waals surface area contributed by atoms with Gasteiger partial charge < -0.3 is 9.84 Å². The van der Waals surface area contributed by atoms with Gasteiger partial charge in [-0.2, -0.15) is 4.98 Å². The zero-order valence-electron chi connectivity index (χ0n) is 9.47. The van der Waals surface area contributed by atoms with Gasteiger partial charge in [0, 0.05) is 18.0 Å². The molecule has 5 nitrogen and oxygen atoms in total. The fraction of sp³-hybridized carbons (Fsp3) is 0.417. The zero-order valence-corrected chi connectivity index (χ0v) is 9.47. The smallest absolute Gasteiger partial charge is 0.244 e. The molecule has 0 aromatic carbocycles. The second-order valence-corrected chi connectivity index (χ2v) is 4.20.